The van der Waals surface area contributed by atoms with Crippen LogP contribution in [0.4, 0.5) is 0 Å². The lowest BCUT2D eigenvalue weighted by Gasteiger charge is -2.23. The molecule has 0 spiro atoms. The summed E-state index contributed by atoms with van der Waals surface area (Å²) in [5, 5.41) is 0. The highest BCUT2D eigenvalue weighted by Crippen LogP contribution is 2.10. The molecule has 0 saturated carbocycles. The Bertz CT molecular complexity index is 364. The van der Waals surface area contributed by atoms with Gasteiger partial charge in [0.1, 0.15) is 0 Å². The number of thiocarbonyl (C=S) groups is 1. The molecule has 4 heteroatoms. The number of hydrogen-bond acceptors (Lipinski definition) is 2. The average Bonchev–Trinajstić information content (AvgIpc) is 2.30. The largest absolute Gasteiger partial charge is 0.393 e. The second-order valence-electron chi connectivity index (χ2n) is 4.26. The summed E-state index contributed by atoms with van der Waals surface area (Å²) < 4.78 is 1.27. The Balaban J connectivity index is 2.57. The van der Waals surface area contributed by atoms with Crippen molar-refractivity contribution in [3.63, 3.8) is 0 Å². The van der Waals surface area contributed by atoms with Gasteiger partial charge in [0.25, 0.3) is 0 Å². The number of halogens is 1. The summed E-state index contributed by atoms with van der Waals surface area (Å²) >= 11 is 7.34. The van der Waals surface area contributed by atoms with Crippen molar-refractivity contribution in [3.8, 4) is 0 Å². The van der Waals surface area contributed by atoms with Crippen LogP contribution in [0.3, 0.4) is 0 Å². The van der Waals surface area contributed by atoms with Crippen molar-refractivity contribution in [2.45, 2.75) is 20.4 Å². The molecular weight excluding hydrogens is 343 g/mol. The van der Waals surface area contributed by atoms with Gasteiger partial charge in [0, 0.05) is 22.6 Å². The molecule has 0 aliphatic heterocycles. The van der Waals surface area contributed by atoms with Crippen molar-refractivity contribution < 1.29 is 0 Å². The molecule has 0 aromatic heterocycles. The maximum absolute atomic E-state index is 5.66. The zero-order valence-electron chi connectivity index (χ0n) is 10.3. The molecule has 0 saturated heterocycles. The van der Waals surface area contributed by atoms with Gasteiger partial charge in [-0.1, -0.05) is 38.2 Å². The van der Waals surface area contributed by atoms with E-state index in [4.69, 9.17) is 18.0 Å². The van der Waals surface area contributed by atoms with Gasteiger partial charge < -0.3 is 5.73 Å². The van der Waals surface area contributed by atoms with Crippen LogP contribution >= 0.6 is 34.8 Å². The Morgan fingerprint density at radius 2 is 2.00 bits per heavy atom. The monoisotopic (exact) mass is 362 g/mol. The van der Waals surface area contributed by atoms with Gasteiger partial charge in [0.15, 0.2) is 0 Å². The maximum Gasteiger partial charge on any atom is 0.0768 e. The number of benzene rings is 1. The van der Waals surface area contributed by atoms with E-state index in [0.717, 1.165) is 19.6 Å². The molecule has 0 aliphatic rings. The van der Waals surface area contributed by atoms with E-state index < -0.39 is 0 Å². The van der Waals surface area contributed by atoms with Crippen LogP contribution in [0.2, 0.25) is 0 Å². The summed E-state index contributed by atoms with van der Waals surface area (Å²) in [5.74, 6) is 0.272. The minimum absolute atomic E-state index is 0.272. The van der Waals surface area contributed by atoms with Crippen molar-refractivity contribution in [3.05, 3.63) is 33.4 Å². The highest BCUT2D eigenvalue weighted by Gasteiger charge is 2.11. The molecule has 0 heterocycles. The Kier molecular flexibility index (Phi) is 6.37. The Labute approximate surface area is 123 Å². The number of rotatable bonds is 6. The molecule has 0 bridgehead atoms. The van der Waals surface area contributed by atoms with Crippen LogP contribution in [0.1, 0.15) is 19.4 Å². The first-order valence-corrected chi connectivity index (χ1v) is 7.27. The third-order valence-electron chi connectivity index (χ3n) is 2.78. The smallest absolute Gasteiger partial charge is 0.0768 e. The molecule has 2 N–H and O–H groups in total. The third-order valence-corrected chi connectivity index (χ3v) is 3.91. The summed E-state index contributed by atoms with van der Waals surface area (Å²) in [7, 11) is 0. The lowest BCUT2D eigenvalue weighted by atomic mass is 10.1. The van der Waals surface area contributed by atoms with Gasteiger partial charge in [0.2, 0.25) is 0 Å². The Morgan fingerprint density at radius 1 is 1.41 bits per heavy atom. The quantitative estimate of drug-likeness (QED) is 0.623. The normalized spacial score (nSPS) is 12.7. The fourth-order valence-electron chi connectivity index (χ4n) is 1.63. The Morgan fingerprint density at radius 3 is 2.47 bits per heavy atom. The van der Waals surface area contributed by atoms with E-state index in [-0.39, 0.29) is 5.92 Å². The van der Waals surface area contributed by atoms with E-state index in [9.17, 15) is 0 Å². The van der Waals surface area contributed by atoms with Gasteiger partial charge in [-0.3, -0.25) is 4.90 Å². The van der Waals surface area contributed by atoms with Crippen LogP contribution < -0.4 is 5.73 Å². The first kappa shape index (κ1) is 14.9. The molecule has 1 aromatic carbocycles. The highest BCUT2D eigenvalue weighted by molar-refractivity contribution is 14.1. The highest BCUT2D eigenvalue weighted by atomic mass is 127. The fraction of sp³-hybridized carbons (Fsp3) is 0.462. The lowest BCUT2D eigenvalue weighted by Crippen LogP contribution is -2.33. The maximum atomic E-state index is 5.66. The van der Waals surface area contributed by atoms with Crippen LogP contribution in [0.15, 0.2) is 24.3 Å². The molecule has 94 valence electrons. The van der Waals surface area contributed by atoms with Crippen molar-refractivity contribution in [1.82, 2.24) is 4.90 Å². The molecular formula is C13H19IN2S. The third kappa shape index (κ3) is 5.31. The SMILES string of the molecule is CCN(Cc1ccc(I)cc1)CC(C)C(N)=S. The minimum Gasteiger partial charge on any atom is -0.393 e. The van der Waals surface area contributed by atoms with Crippen molar-refractivity contribution in [2.75, 3.05) is 13.1 Å². The summed E-state index contributed by atoms with van der Waals surface area (Å²) in [4.78, 5) is 2.97. The predicted molar refractivity (Wildman–Crippen MR) is 86.1 cm³/mol. The molecule has 0 radical (unpaired) electrons. The predicted octanol–water partition coefficient (Wildman–Crippen LogP) is 3.04. The van der Waals surface area contributed by atoms with E-state index in [2.05, 4.69) is 65.6 Å². The van der Waals surface area contributed by atoms with E-state index in [1.807, 2.05) is 0 Å². The van der Waals surface area contributed by atoms with Gasteiger partial charge in [0.05, 0.1) is 4.99 Å². The fourth-order valence-corrected chi connectivity index (χ4v) is 2.06. The van der Waals surface area contributed by atoms with Gasteiger partial charge in [-0.25, -0.2) is 0 Å². The first-order chi connectivity index (χ1) is 8.02. The standard InChI is InChI=1S/C13H19IN2S/c1-3-16(8-10(2)13(15)17)9-11-4-6-12(14)7-5-11/h4-7,10H,3,8-9H2,1-2H3,(H2,15,17). The lowest BCUT2D eigenvalue weighted by molar-refractivity contribution is 0.264. The number of hydrogen-bond donors (Lipinski definition) is 1. The zero-order valence-corrected chi connectivity index (χ0v) is 13.3. The van der Waals surface area contributed by atoms with Crippen LogP contribution in [0.5, 0.6) is 0 Å². The molecule has 1 aromatic rings. The summed E-state index contributed by atoms with van der Waals surface area (Å²) in [6, 6.07) is 8.63. The number of nitrogens with zero attached hydrogens (tertiary/aromatic N) is 1. The zero-order chi connectivity index (χ0) is 12.8. The summed E-state index contributed by atoms with van der Waals surface area (Å²) in [5.41, 5.74) is 6.99. The molecule has 1 unspecified atom stereocenters. The molecule has 1 rings (SSSR count). The summed E-state index contributed by atoms with van der Waals surface area (Å²) in [6.07, 6.45) is 0. The van der Waals surface area contributed by atoms with E-state index in [1.165, 1.54) is 9.13 Å². The van der Waals surface area contributed by atoms with Crippen LogP contribution in [-0.2, 0) is 6.54 Å². The van der Waals surface area contributed by atoms with Crippen LogP contribution in [0.25, 0.3) is 0 Å². The molecule has 0 amide bonds. The second-order valence-corrected chi connectivity index (χ2v) is 5.97. The van der Waals surface area contributed by atoms with Crippen LogP contribution in [-0.4, -0.2) is 23.0 Å². The van der Waals surface area contributed by atoms with E-state index in [0.29, 0.717) is 4.99 Å². The van der Waals surface area contributed by atoms with E-state index in [1.54, 1.807) is 0 Å². The average molecular weight is 362 g/mol. The number of nitrogens with two attached hydrogens (primary N) is 1. The second kappa shape index (κ2) is 7.28. The molecule has 0 fully saturated rings. The van der Waals surface area contributed by atoms with Crippen molar-refractivity contribution in [1.29, 1.82) is 0 Å². The first-order valence-electron chi connectivity index (χ1n) is 5.79. The topological polar surface area (TPSA) is 29.3 Å². The molecule has 0 aliphatic carbocycles. The summed E-state index contributed by atoms with van der Waals surface area (Å²) in [6.45, 7) is 7.15. The van der Waals surface area contributed by atoms with E-state index >= 15 is 0 Å². The van der Waals surface area contributed by atoms with Crippen molar-refractivity contribution >= 4 is 39.8 Å². The Hall–Kier alpha value is -0.200. The molecule has 17 heavy (non-hydrogen) atoms. The van der Waals surface area contributed by atoms with Gasteiger partial charge in [-0.05, 0) is 46.8 Å². The van der Waals surface area contributed by atoms with Gasteiger partial charge >= 0.3 is 0 Å². The molecule has 2 nitrogen and oxygen atoms in total. The van der Waals surface area contributed by atoms with Crippen LogP contribution in [0, 0.1) is 9.49 Å². The molecule has 1 atom stereocenters. The van der Waals surface area contributed by atoms with Gasteiger partial charge in [-0.15, -0.1) is 0 Å². The van der Waals surface area contributed by atoms with Gasteiger partial charge in [-0.2, -0.15) is 0 Å². The van der Waals surface area contributed by atoms with Crippen molar-refractivity contribution in [2.24, 2.45) is 11.7 Å². The minimum atomic E-state index is 0.272.